The van der Waals surface area contributed by atoms with Gasteiger partial charge in [0, 0.05) is 0 Å². The first-order valence-corrected chi connectivity index (χ1v) is 6.52. The van der Waals surface area contributed by atoms with Gasteiger partial charge < -0.3 is 4.74 Å². The first-order chi connectivity index (χ1) is 9.74. The quantitative estimate of drug-likeness (QED) is 0.922. The topological polar surface area (TPSA) is 81.9 Å². The molecule has 111 valence electrons. The molecule has 0 aromatic carbocycles. The van der Waals surface area contributed by atoms with Crippen LogP contribution in [0.3, 0.4) is 0 Å². The summed E-state index contributed by atoms with van der Waals surface area (Å²) in [5.74, 6) is 0.348. The maximum atomic E-state index is 11.7. The van der Waals surface area contributed by atoms with Crippen LogP contribution in [0.15, 0.2) is 18.5 Å². The Labute approximate surface area is 127 Å². The molecular formula is C13H15ClN5O2. The molecule has 2 heterocycles. The third-order valence-corrected chi connectivity index (χ3v) is 2.47. The van der Waals surface area contributed by atoms with Gasteiger partial charge in [0.25, 0.3) is 0 Å². The molecule has 2 aromatic rings. The van der Waals surface area contributed by atoms with Crippen molar-refractivity contribution in [2.75, 3.05) is 5.32 Å². The Kier molecular flexibility index (Phi) is 4.13. The Morgan fingerprint density at radius 2 is 2.14 bits per heavy atom. The molecule has 0 unspecified atom stereocenters. The van der Waals surface area contributed by atoms with Crippen molar-refractivity contribution in [2.45, 2.75) is 26.4 Å². The number of nitrogens with zero attached hydrogens (tertiary/aromatic N) is 4. The van der Waals surface area contributed by atoms with Gasteiger partial charge in [0.1, 0.15) is 5.60 Å². The number of amides is 1. The molecule has 0 saturated carbocycles. The van der Waals surface area contributed by atoms with Crippen LogP contribution < -0.4 is 5.32 Å². The minimum Gasteiger partial charge on any atom is -0.444 e. The average molecular weight is 309 g/mol. The van der Waals surface area contributed by atoms with E-state index < -0.39 is 11.7 Å². The first-order valence-electron chi connectivity index (χ1n) is 6.15. The van der Waals surface area contributed by atoms with E-state index in [0.717, 1.165) is 0 Å². The van der Waals surface area contributed by atoms with E-state index in [1.54, 1.807) is 26.8 Å². The Bertz CT molecular complexity index is 663. The van der Waals surface area contributed by atoms with Gasteiger partial charge in [0.05, 0.1) is 28.8 Å². The Hall–Kier alpha value is -2.15. The lowest BCUT2D eigenvalue weighted by atomic mass is 10.2. The van der Waals surface area contributed by atoms with Gasteiger partial charge >= 0.3 is 6.09 Å². The van der Waals surface area contributed by atoms with Crippen LogP contribution in [0.5, 0.6) is 0 Å². The molecule has 0 atom stereocenters. The molecule has 21 heavy (non-hydrogen) atoms. The van der Waals surface area contributed by atoms with Crippen LogP contribution in [-0.4, -0.2) is 31.7 Å². The van der Waals surface area contributed by atoms with Crippen molar-refractivity contribution >= 4 is 23.4 Å². The molecule has 2 rings (SSSR count). The van der Waals surface area contributed by atoms with E-state index in [4.69, 9.17) is 16.3 Å². The van der Waals surface area contributed by atoms with Crippen LogP contribution in [0.4, 0.5) is 10.5 Å². The third-order valence-electron chi connectivity index (χ3n) is 2.20. The summed E-state index contributed by atoms with van der Waals surface area (Å²) in [6.07, 6.45) is 2.35. The molecule has 0 spiro atoms. The van der Waals surface area contributed by atoms with Gasteiger partial charge in [-0.15, -0.1) is 4.80 Å². The smallest absolute Gasteiger partial charge is 0.412 e. The second-order valence-corrected chi connectivity index (χ2v) is 5.69. The van der Waals surface area contributed by atoms with Crippen LogP contribution >= 0.6 is 11.6 Å². The van der Waals surface area contributed by atoms with Gasteiger partial charge in [-0.05, 0) is 33.8 Å². The minimum absolute atomic E-state index is 0.291. The van der Waals surface area contributed by atoms with Gasteiger partial charge in [0.2, 0.25) is 0 Å². The Morgan fingerprint density at radius 1 is 1.43 bits per heavy atom. The molecule has 0 saturated heterocycles. The summed E-state index contributed by atoms with van der Waals surface area (Å²) in [4.78, 5) is 17.0. The maximum Gasteiger partial charge on any atom is 0.412 e. The second kappa shape index (κ2) is 5.69. The molecule has 0 aliphatic heterocycles. The molecule has 0 bridgehead atoms. The number of nitrogens with one attached hydrogen (secondary N) is 1. The van der Waals surface area contributed by atoms with Gasteiger partial charge in [-0.1, -0.05) is 11.6 Å². The van der Waals surface area contributed by atoms with Crippen molar-refractivity contribution in [2.24, 2.45) is 0 Å². The number of aromatic nitrogens is 4. The van der Waals surface area contributed by atoms with E-state index >= 15 is 0 Å². The summed E-state index contributed by atoms with van der Waals surface area (Å²) in [6.45, 7) is 8.98. The number of anilines is 1. The van der Waals surface area contributed by atoms with Crippen LogP contribution in [0, 0.1) is 6.92 Å². The minimum atomic E-state index is -0.579. The zero-order chi connectivity index (χ0) is 15.6. The zero-order valence-corrected chi connectivity index (χ0v) is 12.7. The summed E-state index contributed by atoms with van der Waals surface area (Å²) >= 11 is 6.11. The summed E-state index contributed by atoms with van der Waals surface area (Å²) < 4.78 is 5.14. The standard InChI is InChI=1S/C13H15ClN5O2/c1-8-6-16-19(18-8)11-10(14)5-9(7-15-11)17-12(20)21-13(2,3)4/h5-7H,1H2,2-4H3,(H,17,20). The number of halogens is 1. The summed E-state index contributed by atoms with van der Waals surface area (Å²) in [5.41, 5.74) is 0.342. The van der Waals surface area contributed by atoms with Crippen LogP contribution in [-0.2, 0) is 4.74 Å². The number of hydrogen-bond acceptors (Lipinski definition) is 5. The molecule has 0 fully saturated rings. The fourth-order valence-corrected chi connectivity index (χ4v) is 1.71. The number of hydrogen-bond donors (Lipinski definition) is 1. The monoisotopic (exact) mass is 308 g/mol. The molecule has 8 heteroatoms. The molecule has 7 nitrogen and oxygen atoms in total. The molecule has 1 N–H and O–H groups in total. The highest BCUT2D eigenvalue weighted by molar-refractivity contribution is 6.32. The highest BCUT2D eigenvalue weighted by atomic mass is 35.5. The van der Waals surface area contributed by atoms with E-state index in [1.807, 2.05) is 0 Å². The third kappa shape index (κ3) is 4.16. The lowest BCUT2D eigenvalue weighted by molar-refractivity contribution is 0.0636. The number of pyridine rings is 1. The largest absolute Gasteiger partial charge is 0.444 e. The molecule has 0 aliphatic rings. The lowest BCUT2D eigenvalue weighted by Crippen LogP contribution is -2.27. The van der Waals surface area contributed by atoms with Crippen molar-refractivity contribution < 1.29 is 9.53 Å². The van der Waals surface area contributed by atoms with Crippen molar-refractivity contribution in [3.05, 3.63) is 36.1 Å². The van der Waals surface area contributed by atoms with Crippen LogP contribution in [0.1, 0.15) is 26.5 Å². The SMILES string of the molecule is [CH2]c1cnn(-c2ncc(NC(=O)OC(C)(C)C)cc2Cl)n1. The number of carbonyl (C=O) groups is 1. The summed E-state index contributed by atoms with van der Waals surface area (Å²) in [7, 11) is 0. The van der Waals surface area contributed by atoms with Crippen molar-refractivity contribution in [3.8, 4) is 5.82 Å². The Morgan fingerprint density at radius 3 is 2.67 bits per heavy atom. The highest BCUT2D eigenvalue weighted by Gasteiger charge is 2.17. The van der Waals surface area contributed by atoms with Crippen LogP contribution in [0.2, 0.25) is 5.02 Å². The average Bonchev–Trinajstić information content (AvgIpc) is 2.73. The molecular weight excluding hydrogens is 294 g/mol. The second-order valence-electron chi connectivity index (χ2n) is 5.28. The van der Waals surface area contributed by atoms with E-state index in [0.29, 0.717) is 22.2 Å². The number of carbonyl (C=O) groups excluding carboxylic acids is 1. The molecule has 2 aromatic heterocycles. The molecule has 1 amide bonds. The fraction of sp³-hybridized carbons (Fsp3) is 0.308. The Balaban J connectivity index is 2.14. The van der Waals surface area contributed by atoms with E-state index in [2.05, 4.69) is 27.4 Å². The van der Waals surface area contributed by atoms with Gasteiger partial charge in [-0.2, -0.15) is 10.2 Å². The maximum absolute atomic E-state index is 11.7. The van der Waals surface area contributed by atoms with E-state index in [-0.39, 0.29) is 0 Å². The predicted octanol–water partition coefficient (Wildman–Crippen LogP) is 2.84. The van der Waals surface area contributed by atoms with Gasteiger partial charge in [-0.3, -0.25) is 5.32 Å². The first kappa shape index (κ1) is 15.2. The number of ether oxygens (including phenoxy) is 1. The highest BCUT2D eigenvalue weighted by Crippen LogP contribution is 2.21. The zero-order valence-electron chi connectivity index (χ0n) is 11.9. The lowest BCUT2D eigenvalue weighted by Gasteiger charge is -2.19. The van der Waals surface area contributed by atoms with Crippen molar-refractivity contribution in [3.63, 3.8) is 0 Å². The van der Waals surface area contributed by atoms with Gasteiger partial charge in [-0.25, -0.2) is 9.78 Å². The van der Waals surface area contributed by atoms with Crippen molar-refractivity contribution in [1.82, 2.24) is 20.0 Å². The summed E-state index contributed by atoms with van der Waals surface area (Å²) in [5, 5.41) is 10.8. The van der Waals surface area contributed by atoms with Crippen molar-refractivity contribution in [1.29, 1.82) is 0 Å². The molecule has 0 aliphatic carbocycles. The normalized spacial score (nSPS) is 11.3. The van der Waals surface area contributed by atoms with Gasteiger partial charge in [0.15, 0.2) is 5.82 Å². The van der Waals surface area contributed by atoms with E-state index in [1.165, 1.54) is 17.2 Å². The van der Waals surface area contributed by atoms with Crippen LogP contribution in [0.25, 0.3) is 5.82 Å². The predicted molar refractivity (Wildman–Crippen MR) is 78.5 cm³/mol. The number of rotatable bonds is 2. The molecule has 1 radical (unpaired) electrons. The fourth-order valence-electron chi connectivity index (χ4n) is 1.46. The van der Waals surface area contributed by atoms with E-state index in [9.17, 15) is 4.79 Å². The summed E-state index contributed by atoms with van der Waals surface area (Å²) in [6, 6.07) is 1.54.